The minimum absolute atomic E-state index is 0.0554. The van der Waals surface area contributed by atoms with Crippen molar-refractivity contribution in [2.45, 2.75) is 44.8 Å². The Kier molecular flexibility index (Phi) is 7.81. The van der Waals surface area contributed by atoms with Crippen LogP contribution in [-0.4, -0.2) is 54.8 Å². The van der Waals surface area contributed by atoms with Gasteiger partial charge in [-0.25, -0.2) is 9.97 Å². The number of aryl methyl sites for hydroxylation is 1. The number of nitrogens with one attached hydrogen (secondary N) is 1. The quantitative estimate of drug-likeness (QED) is 0.663. The molecule has 2 heterocycles. The number of aromatic nitrogens is 2. The van der Waals surface area contributed by atoms with Gasteiger partial charge in [0.15, 0.2) is 0 Å². The van der Waals surface area contributed by atoms with Gasteiger partial charge in [0.1, 0.15) is 17.9 Å². The van der Waals surface area contributed by atoms with E-state index in [0.29, 0.717) is 19.4 Å². The van der Waals surface area contributed by atoms with Gasteiger partial charge in [0.25, 0.3) is 0 Å². The number of hydrogen-bond donors (Lipinski definition) is 1. The Morgan fingerprint density at radius 2 is 2.10 bits per heavy atom. The molecule has 1 aliphatic rings. The van der Waals surface area contributed by atoms with Crippen molar-refractivity contribution in [3.8, 4) is 5.75 Å². The predicted octanol–water partition coefficient (Wildman–Crippen LogP) is 2.61. The van der Waals surface area contributed by atoms with Crippen LogP contribution in [0.2, 0.25) is 0 Å². The van der Waals surface area contributed by atoms with Crippen molar-refractivity contribution in [1.82, 2.24) is 15.3 Å². The lowest BCUT2D eigenvalue weighted by Crippen LogP contribution is -2.40. The van der Waals surface area contributed by atoms with E-state index in [9.17, 15) is 4.79 Å². The van der Waals surface area contributed by atoms with Crippen LogP contribution in [0.1, 0.15) is 31.7 Å². The first kappa shape index (κ1) is 21.0. The third-order valence-electron chi connectivity index (χ3n) is 5.14. The summed E-state index contributed by atoms with van der Waals surface area (Å²) in [5.41, 5.74) is 1.13. The Labute approximate surface area is 172 Å². The van der Waals surface area contributed by atoms with Gasteiger partial charge in [-0.3, -0.25) is 4.79 Å². The van der Waals surface area contributed by atoms with Crippen LogP contribution in [0.4, 0.5) is 5.82 Å². The van der Waals surface area contributed by atoms with Crippen molar-refractivity contribution < 1.29 is 14.3 Å². The normalized spacial score (nSPS) is 18.6. The van der Waals surface area contributed by atoms with Gasteiger partial charge in [-0.1, -0.05) is 19.1 Å². The summed E-state index contributed by atoms with van der Waals surface area (Å²) in [4.78, 5) is 22.9. The number of nitrogens with zero attached hydrogens (tertiary/aromatic N) is 3. The molecule has 2 atom stereocenters. The van der Waals surface area contributed by atoms with Crippen LogP contribution in [0.3, 0.4) is 0 Å². The van der Waals surface area contributed by atoms with Gasteiger partial charge in [0.05, 0.1) is 18.8 Å². The molecule has 156 valence electrons. The van der Waals surface area contributed by atoms with Crippen LogP contribution in [-0.2, 0) is 16.0 Å². The fraction of sp³-hybridized carbons (Fsp3) is 0.500. The predicted molar refractivity (Wildman–Crippen MR) is 112 cm³/mol. The molecular formula is C22H30N4O3. The van der Waals surface area contributed by atoms with Crippen molar-refractivity contribution in [2.24, 2.45) is 0 Å². The number of hydrogen-bond acceptors (Lipinski definition) is 6. The summed E-state index contributed by atoms with van der Waals surface area (Å²) in [5.74, 6) is 1.79. The number of anilines is 1. The second kappa shape index (κ2) is 10.8. The van der Waals surface area contributed by atoms with E-state index in [0.717, 1.165) is 43.1 Å². The van der Waals surface area contributed by atoms with Gasteiger partial charge in [0.2, 0.25) is 5.91 Å². The summed E-state index contributed by atoms with van der Waals surface area (Å²) in [6, 6.07) is 10.0. The maximum Gasteiger partial charge on any atom is 0.220 e. The Bertz CT molecular complexity index is 754. The van der Waals surface area contributed by atoms with Crippen molar-refractivity contribution >= 4 is 11.7 Å². The topological polar surface area (TPSA) is 76.6 Å². The van der Waals surface area contributed by atoms with Crippen LogP contribution in [0.15, 0.2) is 42.9 Å². The first-order valence-electron chi connectivity index (χ1n) is 10.2. The highest BCUT2D eigenvalue weighted by Crippen LogP contribution is 2.24. The van der Waals surface area contributed by atoms with Crippen LogP contribution in [0.5, 0.6) is 5.75 Å². The molecular weight excluding hydrogens is 368 g/mol. The second-order valence-corrected chi connectivity index (χ2v) is 7.26. The smallest absolute Gasteiger partial charge is 0.220 e. The van der Waals surface area contributed by atoms with Crippen LogP contribution < -0.4 is 15.0 Å². The second-order valence-electron chi connectivity index (χ2n) is 7.26. The monoisotopic (exact) mass is 398 g/mol. The Balaban J connectivity index is 1.46. The zero-order chi connectivity index (χ0) is 20.5. The molecule has 1 N–H and O–H groups in total. The number of rotatable bonds is 10. The SMILES string of the molecule is CCCOc1ccc(CCC(=O)NC[C@@H]2C[C@H](OC)CN2c2ccncn2)cc1. The number of benzene rings is 1. The lowest BCUT2D eigenvalue weighted by molar-refractivity contribution is -0.121. The van der Waals surface area contributed by atoms with E-state index in [1.54, 1.807) is 19.6 Å². The highest BCUT2D eigenvalue weighted by atomic mass is 16.5. The van der Waals surface area contributed by atoms with Gasteiger partial charge < -0.3 is 19.7 Å². The fourth-order valence-corrected chi connectivity index (χ4v) is 3.52. The van der Waals surface area contributed by atoms with E-state index in [4.69, 9.17) is 9.47 Å². The molecule has 0 saturated carbocycles. The van der Waals surface area contributed by atoms with Crippen molar-refractivity contribution in [2.75, 3.05) is 31.7 Å². The fourth-order valence-electron chi connectivity index (χ4n) is 3.52. The van der Waals surface area contributed by atoms with Gasteiger partial charge in [-0.05, 0) is 43.0 Å². The summed E-state index contributed by atoms with van der Waals surface area (Å²) >= 11 is 0. The van der Waals surface area contributed by atoms with Crippen molar-refractivity contribution in [1.29, 1.82) is 0 Å². The Morgan fingerprint density at radius 1 is 1.28 bits per heavy atom. The largest absolute Gasteiger partial charge is 0.494 e. The minimum atomic E-state index is 0.0554. The van der Waals surface area contributed by atoms with Gasteiger partial charge in [-0.2, -0.15) is 0 Å². The third-order valence-corrected chi connectivity index (χ3v) is 5.14. The molecule has 1 aromatic heterocycles. The Morgan fingerprint density at radius 3 is 2.79 bits per heavy atom. The maximum absolute atomic E-state index is 12.4. The number of amides is 1. The third kappa shape index (κ3) is 6.15. The van der Waals surface area contributed by atoms with Crippen molar-refractivity contribution in [3.05, 3.63) is 48.4 Å². The molecule has 0 unspecified atom stereocenters. The lowest BCUT2D eigenvalue weighted by atomic mass is 10.1. The lowest BCUT2D eigenvalue weighted by Gasteiger charge is -2.25. The van der Waals surface area contributed by atoms with Crippen molar-refractivity contribution in [3.63, 3.8) is 0 Å². The summed E-state index contributed by atoms with van der Waals surface area (Å²) in [5, 5.41) is 3.07. The standard InChI is InChI=1S/C22H30N4O3/c1-3-12-29-19-7-4-17(5-8-19)6-9-22(27)24-14-18-13-20(28-2)15-26(18)21-10-11-23-16-25-21/h4-5,7-8,10-11,16,18,20H,3,6,9,12-15H2,1-2H3,(H,24,27)/t18-,20-/m0/s1. The molecule has 3 rings (SSSR count). The molecule has 1 amide bonds. The van der Waals surface area contributed by atoms with Crippen LogP contribution in [0, 0.1) is 0 Å². The molecule has 0 spiro atoms. The van der Waals surface area contributed by atoms with Crippen LogP contribution in [0.25, 0.3) is 0 Å². The number of carbonyl (C=O) groups excluding carboxylic acids is 1. The molecule has 2 aromatic rings. The number of methoxy groups -OCH3 is 1. The molecule has 7 heteroatoms. The molecule has 0 bridgehead atoms. The highest BCUT2D eigenvalue weighted by Gasteiger charge is 2.33. The maximum atomic E-state index is 12.4. The first-order valence-corrected chi connectivity index (χ1v) is 10.2. The molecule has 1 saturated heterocycles. The summed E-state index contributed by atoms with van der Waals surface area (Å²) < 4.78 is 11.1. The zero-order valence-electron chi connectivity index (χ0n) is 17.2. The van der Waals surface area contributed by atoms with Gasteiger partial charge in [0, 0.05) is 32.8 Å². The van der Waals surface area contributed by atoms with E-state index >= 15 is 0 Å². The minimum Gasteiger partial charge on any atom is -0.494 e. The molecule has 0 radical (unpaired) electrons. The average Bonchev–Trinajstić information content (AvgIpc) is 3.19. The molecule has 29 heavy (non-hydrogen) atoms. The molecule has 1 aromatic carbocycles. The van der Waals surface area contributed by atoms with E-state index in [2.05, 4.69) is 27.1 Å². The number of carbonyl (C=O) groups is 1. The van der Waals surface area contributed by atoms with Gasteiger partial charge in [-0.15, -0.1) is 0 Å². The number of ether oxygens (including phenoxy) is 2. The first-order chi connectivity index (χ1) is 14.2. The van der Waals surface area contributed by atoms with E-state index in [1.165, 1.54) is 0 Å². The summed E-state index contributed by atoms with van der Waals surface area (Å²) in [6.07, 6.45) is 6.44. The summed E-state index contributed by atoms with van der Waals surface area (Å²) in [7, 11) is 1.72. The zero-order valence-corrected chi connectivity index (χ0v) is 17.2. The molecule has 1 fully saturated rings. The average molecular weight is 399 g/mol. The van der Waals surface area contributed by atoms with Gasteiger partial charge >= 0.3 is 0 Å². The van der Waals surface area contributed by atoms with E-state index in [-0.39, 0.29) is 18.1 Å². The summed E-state index contributed by atoms with van der Waals surface area (Å²) in [6.45, 7) is 4.15. The highest BCUT2D eigenvalue weighted by molar-refractivity contribution is 5.76. The van der Waals surface area contributed by atoms with Crippen LogP contribution >= 0.6 is 0 Å². The van der Waals surface area contributed by atoms with E-state index < -0.39 is 0 Å². The van der Waals surface area contributed by atoms with E-state index in [1.807, 2.05) is 30.3 Å². The molecule has 7 nitrogen and oxygen atoms in total. The molecule has 0 aliphatic carbocycles. The Hall–Kier alpha value is -2.67. The molecule has 1 aliphatic heterocycles.